The fourth-order valence-electron chi connectivity index (χ4n) is 5.45. The Bertz CT molecular complexity index is 487. The largest absolute Gasteiger partial charge is 0.384 e. The van der Waals surface area contributed by atoms with Crippen LogP contribution in [0.2, 0.25) is 0 Å². The van der Waals surface area contributed by atoms with Crippen molar-refractivity contribution in [2.45, 2.75) is 39.3 Å². The molecule has 3 N–H and O–H groups in total. The third kappa shape index (κ3) is 1.84. The van der Waals surface area contributed by atoms with Crippen LogP contribution in [0.5, 0.6) is 0 Å². The molecular weight excluding hydrogens is 260 g/mol. The maximum absolute atomic E-state index is 11.6. The van der Waals surface area contributed by atoms with Gasteiger partial charge in [0.15, 0.2) is 0 Å². The molecule has 1 aliphatic heterocycles. The van der Waals surface area contributed by atoms with E-state index < -0.39 is 5.60 Å². The predicted octanol–water partition coefficient (Wildman–Crippen LogP) is 2.12. The molecule has 0 radical (unpaired) electrons. The zero-order chi connectivity index (χ0) is 15.3. The molecule has 0 spiro atoms. The van der Waals surface area contributed by atoms with Crippen LogP contribution in [0.1, 0.15) is 33.3 Å². The summed E-state index contributed by atoms with van der Waals surface area (Å²) in [6.45, 7) is 11.9. The van der Waals surface area contributed by atoms with Gasteiger partial charge in [-0.1, -0.05) is 58.0 Å². The highest BCUT2D eigenvalue weighted by Gasteiger charge is 2.73. The van der Waals surface area contributed by atoms with Gasteiger partial charge in [0.25, 0.3) is 0 Å². The number of benzene rings is 1. The van der Waals surface area contributed by atoms with Crippen LogP contribution in [-0.4, -0.2) is 30.8 Å². The molecule has 2 aliphatic rings. The molecule has 3 rings (SSSR count). The van der Waals surface area contributed by atoms with Gasteiger partial charge in [0.05, 0.1) is 0 Å². The second-order valence-electron chi connectivity index (χ2n) is 7.76. The summed E-state index contributed by atoms with van der Waals surface area (Å²) in [5.74, 6) is 0.433. The Hall–Kier alpha value is -0.900. The fourth-order valence-corrected chi connectivity index (χ4v) is 5.45. The van der Waals surface area contributed by atoms with E-state index in [4.69, 9.17) is 0 Å². The van der Waals surface area contributed by atoms with E-state index in [1.807, 2.05) is 18.2 Å². The van der Waals surface area contributed by atoms with Crippen molar-refractivity contribution in [1.82, 2.24) is 10.6 Å². The minimum absolute atomic E-state index is 0.158. The van der Waals surface area contributed by atoms with Gasteiger partial charge in [-0.25, -0.2) is 0 Å². The fraction of sp³-hybridized carbons (Fsp3) is 0.667. The Morgan fingerprint density at radius 3 is 2.14 bits per heavy atom. The Morgan fingerprint density at radius 1 is 1.00 bits per heavy atom. The SMILES string of the molecule is CC1(C)C(C2CNCCN2)C(C)(C)C1(O)c1ccccc1. The van der Waals surface area contributed by atoms with Gasteiger partial charge in [-0.15, -0.1) is 0 Å². The molecule has 1 atom stereocenters. The Labute approximate surface area is 128 Å². The van der Waals surface area contributed by atoms with Crippen LogP contribution in [0, 0.1) is 16.7 Å². The minimum Gasteiger partial charge on any atom is -0.384 e. The van der Waals surface area contributed by atoms with Crippen molar-refractivity contribution in [3.63, 3.8) is 0 Å². The lowest BCUT2D eigenvalue weighted by Gasteiger charge is -2.72. The molecule has 0 bridgehead atoms. The van der Waals surface area contributed by atoms with E-state index in [9.17, 15) is 5.11 Å². The normalized spacial score (nSPS) is 37.8. The van der Waals surface area contributed by atoms with E-state index in [0.717, 1.165) is 25.2 Å². The zero-order valence-corrected chi connectivity index (χ0v) is 13.6. The smallest absolute Gasteiger partial charge is 0.100 e. The van der Waals surface area contributed by atoms with Gasteiger partial charge < -0.3 is 15.7 Å². The number of rotatable bonds is 2. The molecule has 1 aromatic rings. The van der Waals surface area contributed by atoms with Gasteiger partial charge in [0.2, 0.25) is 0 Å². The van der Waals surface area contributed by atoms with E-state index >= 15 is 0 Å². The van der Waals surface area contributed by atoms with Crippen LogP contribution in [0.25, 0.3) is 0 Å². The van der Waals surface area contributed by atoms with E-state index in [2.05, 4.69) is 50.5 Å². The molecular formula is C18H28N2O. The number of piperazine rings is 1. The summed E-state index contributed by atoms with van der Waals surface area (Å²) >= 11 is 0. The van der Waals surface area contributed by atoms with Crippen molar-refractivity contribution >= 4 is 0 Å². The van der Waals surface area contributed by atoms with Gasteiger partial charge in [-0.3, -0.25) is 0 Å². The molecule has 3 nitrogen and oxygen atoms in total. The maximum Gasteiger partial charge on any atom is 0.100 e. The van der Waals surface area contributed by atoms with Crippen LogP contribution < -0.4 is 10.6 Å². The summed E-state index contributed by atoms with van der Waals surface area (Å²) in [5.41, 5.74) is -0.0614. The van der Waals surface area contributed by atoms with E-state index in [1.54, 1.807) is 0 Å². The molecule has 1 aliphatic carbocycles. The quantitative estimate of drug-likeness (QED) is 0.781. The summed E-state index contributed by atoms with van der Waals surface area (Å²) < 4.78 is 0. The number of hydrogen-bond donors (Lipinski definition) is 3. The first kappa shape index (κ1) is 15.0. The summed E-state index contributed by atoms with van der Waals surface area (Å²) in [5, 5.41) is 18.7. The van der Waals surface area contributed by atoms with Crippen molar-refractivity contribution in [3.8, 4) is 0 Å². The van der Waals surface area contributed by atoms with Gasteiger partial charge in [0.1, 0.15) is 5.60 Å². The lowest BCUT2D eigenvalue weighted by Crippen LogP contribution is -2.76. The van der Waals surface area contributed by atoms with Crippen molar-refractivity contribution in [2.75, 3.05) is 19.6 Å². The average molecular weight is 288 g/mol. The van der Waals surface area contributed by atoms with Crippen LogP contribution in [0.4, 0.5) is 0 Å². The lowest BCUT2D eigenvalue weighted by molar-refractivity contribution is -0.313. The molecule has 1 heterocycles. The van der Waals surface area contributed by atoms with Crippen LogP contribution in [0.3, 0.4) is 0 Å². The van der Waals surface area contributed by atoms with Crippen LogP contribution in [0.15, 0.2) is 30.3 Å². The summed E-state index contributed by atoms with van der Waals surface area (Å²) in [7, 11) is 0. The second kappa shape index (κ2) is 4.80. The highest BCUT2D eigenvalue weighted by molar-refractivity contribution is 5.35. The van der Waals surface area contributed by atoms with Crippen molar-refractivity contribution in [1.29, 1.82) is 0 Å². The minimum atomic E-state index is -0.787. The van der Waals surface area contributed by atoms with Gasteiger partial charge in [-0.05, 0) is 11.5 Å². The Balaban J connectivity index is 1.98. The van der Waals surface area contributed by atoms with Crippen molar-refractivity contribution < 1.29 is 5.11 Å². The summed E-state index contributed by atoms with van der Waals surface area (Å²) in [4.78, 5) is 0. The van der Waals surface area contributed by atoms with Gasteiger partial charge in [-0.2, -0.15) is 0 Å². The number of nitrogens with one attached hydrogen (secondary N) is 2. The van der Waals surface area contributed by atoms with Crippen LogP contribution >= 0.6 is 0 Å². The molecule has 1 saturated carbocycles. The topological polar surface area (TPSA) is 44.3 Å². The molecule has 116 valence electrons. The third-order valence-electron chi connectivity index (χ3n) is 6.09. The van der Waals surface area contributed by atoms with Crippen LogP contribution in [-0.2, 0) is 5.60 Å². The highest BCUT2D eigenvalue weighted by atomic mass is 16.3. The maximum atomic E-state index is 11.6. The molecule has 1 saturated heterocycles. The summed E-state index contributed by atoms with van der Waals surface area (Å²) in [6.07, 6.45) is 0. The zero-order valence-electron chi connectivity index (χ0n) is 13.6. The lowest BCUT2D eigenvalue weighted by atomic mass is 9.35. The highest BCUT2D eigenvalue weighted by Crippen LogP contribution is 2.71. The first-order valence-electron chi connectivity index (χ1n) is 8.05. The molecule has 2 fully saturated rings. The van der Waals surface area contributed by atoms with E-state index in [1.165, 1.54) is 0 Å². The second-order valence-corrected chi connectivity index (χ2v) is 7.76. The van der Waals surface area contributed by atoms with E-state index in [0.29, 0.717) is 12.0 Å². The molecule has 0 amide bonds. The monoisotopic (exact) mass is 288 g/mol. The molecule has 1 aromatic carbocycles. The van der Waals surface area contributed by atoms with Crippen molar-refractivity contribution in [2.24, 2.45) is 16.7 Å². The standard InChI is InChI=1S/C18H28N2O/c1-16(2)15(14-12-19-10-11-20-14)17(3,4)18(16,21)13-8-6-5-7-9-13/h5-9,14-15,19-21H,10-12H2,1-4H3. The van der Waals surface area contributed by atoms with E-state index in [-0.39, 0.29) is 10.8 Å². The predicted molar refractivity (Wildman–Crippen MR) is 86.1 cm³/mol. The third-order valence-corrected chi connectivity index (χ3v) is 6.09. The Morgan fingerprint density at radius 2 is 1.62 bits per heavy atom. The first-order chi connectivity index (χ1) is 9.83. The summed E-state index contributed by atoms with van der Waals surface area (Å²) in [6, 6.07) is 10.6. The number of aliphatic hydroxyl groups is 1. The van der Waals surface area contributed by atoms with Crippen molar-refractivity contribution in [3.05, 3.63) is 35.9 Å². The Kier molecular flexibility index (Phi) is 3.43. The average Bonchev–Trinajstić information content (AvgIpc) is 2.47. The van der Waals surface area contributed by atoms with Gasteiger partial charge >= 0.3 is 0 Å². The van der Waals surface area contributed by atoms with Gasteiger partial charge in [0, 0.05) is 36.5 Å². The number of hydrogen-bond acceptors (Lipinski definition) is 3. The molecule has 1 unspecified atom stereocenters. The molecule has 3 heteroatoms. The first-order valence-corrected chi connectivity index (χ1v) is 8.05. The molecule has 0 aromatic heterocycles. The molecule has 21 heavy (non-hydrogen) atoms.